The van der Waals surface area contributed by atoms with Crippen LogP contribution in [0.25, 0.3) is 5.52 Å². The number of nitrogens with one attached hydrogen (secondary N) is 1. The maximum absolute atomic E-state index is 12.8. The molecule has 0 bridgehead atoms. The standard InChI is InChI=1S/C22H20F3N5O2/c23-22(24,25)15-3-1-2-14(6-15)7-19(31)28-16-8-21(9-16)12-29(13-21)20(32)17-10-27-30-5-4-26-11-18(17)30/h1-6,10-11,16H,7-9,12-13H2,(H,28,31). The monoisotopic (exact) mass is 443 g/mol. The smallest absolute Gasteiger partial charge is 0.353 e. The van der Waals surface area contributed by atoms with Crippen molar-refractivity contribution in [3.63, 3.8) is 0 Å². The van der Waals surface area contributed by atoms with E-state index in [0.29, 0.717) is 29.7 Å². The molecular weight excluding hydrogens is 423 g/mol. The lowest BCUT2D eigenvalue weighted by molar-refractivity contribution is -0.137. The van der Waals surface area contributed by atoms with E-state index in [9.17, 15) is 22.8 Å². The molecule has 1 aliphatic heterocycles. The molecule has 1 aliphatic carbocycles. The first-order chi connectivity index (χ1) is 15.2. The van der Waals surface area contributed by atoms with Gasteiger partial charge in [0.15, 0.2) is 0 Å². The number of hydrogen-bond acceptors (Lipinski definition) is 4. The molecule has 0 unspecified atom stereocenters. The third kappa shape index (κ3) is 3.69. The van der Waals surface area contributed by atoms with E-state index in [-0.39, 0.29) is 29.7 Å². The van der Waals surface area contributed by atoms with Crippen molar-refractivity contribution in [3.05, 3.63) is 65.7 Å². The number of alkyl halides is 3. The van der Waals surface area contributed by atoms with Crippen LogP contribution in [0.4, 0.5) is 13.2 Å². The maximum Gasteiger partial charge on any atom is 0.416 e. The number of aromatic nitrogens is 3. The van der Waals surface area contributed by atoms with Gasteiger partial charge in [0.1, 0.15) is 0 Å². The lowest BCUT2D eigenvalue weighted by Crippen LogP contribution is -2.67. The number of amides is 2. The molecule has 2 fully saturated rings. The zero-order chi connectivity index (χ0) is 22.5. The first kappa shape index (κ1) is 20.5. The van der Waals surface area contributed by atoms with E-state index in [0.717, 1.165) is 25.0 Å². The zero-order valence-corrected chi connectivity index (χ0v) is 17.0. The van der Waals surface area contributed by atoms with Gasteiger partial charge >= 0.3 is 6.18 Å². The largest absolute Gasteiger partial charge is 0.416 e. The van der Waals surface area contributed by atoms with Crippen LogP contribution in [0, 0.1) is 5.41 Å². The summed E-state index contributed by atoms with van der Waals surface area (Å²) in [5.74, 6) is -0.383. The summed E-state index contributed by atoms with van der Waals surface area (Å²) in [5.41, 5.74) is 0.747. The van der Waals surface area contributed by atoms with Crippen LogP contribution in [-0.4, -0.2) is 50.4 Å². The third-order valence-corrected chi connectivity index (χ3v) is 6.24. The van der Waals surface area contributed by atoms with Crippen LogP contribution in [0.1, 0.15) is 34.3 Å². The number of rotatable bonds is 4. The fourth-order valence-corrected chi connectivity index (χ4v) is 4.74. The molecule has 7 nitrogen and oxygen atoms in total. The van der Waals surface area contributed by atoms with Gasteiger partial charge in [-0.25, -0.2) is 4.52 Å². The molecule has 2 aromatic heterocycles. The van der Waals surface area contributed by atoms with Gasteiger partial charge in [0.25, 0.3) is 5.91 Å². The molecule has 0 atom stereocenters. The molecule has 1 saturated heterocycles. The van der Waals surface area contributed by atoms with Gasteiger partial charge < -0.3 is 10.2 Å². The highest BCUT2D eigenvalue weighted by molar-refractivity contribution is 6.01. The van der Waals surface area contributed by atoms with Crippen LogP contribution >= 0.6 is 0 Å². The number of halogens is 3. The van der Waals surface area contributed by atoms with E-state index in [1.807, 2.05) is 0 Å². The predicted molar refractivity (Wildman–Crippen MR) is 108 cm³/mol. The van der Waals surface area contributed by atoms with Gasteiger partial charge in [-0.2, -0.15) is 18.3 Å². The molecule has 32 heavy (non-hydrogen) atoms. The second-order valence-corrected chi connectivity index (χ2v) is 8.67. The van der Waals surface area contributed by atoms with E-state index in [4.69, 9.17) is 0 Å². The molecule has 5 rings (SSSR count). The summed E-state index contributed by atoms with van der Waals surface area (Å²) in [6.45, 7) is 1.23. The molecule has 0 radical (unpaired) electrons. The maximum atomic E-state index is 12.8. The summed E-state index contributed by atoms with van der Waals surface area (Å²) < 4.78 is 40.1. The Balaban J connectivity index is 1.12. The van der Waals surface area contributed by atoms with Crippen LogP contribution in [0.15, 0.2) is 49.1 Å². The molecule has 3 aromatic rings. The third-order valence-electron chi connectivity index (χ3n) is 6.24. The number of benzene rings is 1. The van der Waals surface area contributed by atoms with Crippen molar-refractivity contribution in [3.8, 4) is 0 Å². The minimum atomic E-state index is -4.43. The SMILES string of the molecule is O=C(Cc1cccc(C(F)(F)F)c1)NC1CC2(C1)CN(C(=O)c1cnn3ccncc13)C2. The molecule has 1 saturated carbocycles. The molecule has 3 heterocycles. The molecular formula is C22H20F3N5O2. The molecule has 2 amide bonds. The van der Waals surface area contributed by atoms with Crippen LogP contribution in [-0.2, 0) is 17.4 Å². The second kappa shape index (κ2) is 7.32. The number of hydrogen-bond donors (Lipinski definition) is 1. The quantitative estimate of drug-likeness (QED) is 0.673. The van der Waals surface area contributed by atoms with Crippen LogP contribution in [0.2, 0.25) is 0 Å². The Bertz CT molecular complexity index is 1190. The fourth-order valence-electron chi connectivity index (χ4n) is 4.74. The number of carbonyl (C=O) groups excluding carboxylic acids is 2. The van der Waals surface area contributed by atoms with Crippen molar-refractivity contribution in [1.82, 2.24) is 24.8 Å². The van der Waals surface area contributed by atoms with E-state index >= 15 is 0 Å². The van der Waals surface area contributed by atoms with Crippen molar-refractivity contribution in [2.75, 3.05) is 13.1 Å². The minimum Gasteiger partial charge on any atom is -0.353 e. The molecule has 1 aromatic carbocycles. The Labute approximate surface area is 181 Å². The normalized spacial score (nSPS) is 17.8. The Morgan fingerprint density at radius 1 is 1.19 bits per heavy atom. The Morgan fingerprint density at radius 2 is 1.97 bits per heavy atom. The average Bonchev–Trinajstić information content (AvgIpc) is 3.12. The van der Waals surface area contributed by atoms with Gasteiger partial charge in [-0.15, -0.1) is 0 Å². The zero-order valence-electron chi connectivity index (χ0n) is 17.0. The highest BCUT2D eigenvalue weighted by atomic mass is 19.4. The van der Waals surface area contributed by atoms with Crippen molar-refractivity contribution in [2.45, 2.75) is 31.5 Å². The summed E-state index contributed by atoms with van der Waals surface area (Å²) in [6.07, 6.45) is 3.41. The van der Waals surface area contributed by atoms with Gasteiger partial charge in [-0.05, 0) is 24.5 Å². The molecule has 10 heteroatoms. The van der Waals surface area contributed by atoms with Gasteiger partial charge in [0.05, 0.1) is 35.5 Å². The van der Waals surface area contributed by atoms with Gasteiger partial charge in [-0.3, -0.25) is 14.6 Å². The minimum absolute atomic E-state index is 0.00499. The highest BCUT2D eigenvalue weighted by Crippen LogP contribution is 2.48. The Kier molecular flexibility index (Phi) is 4.68. The molecule has 1 spiro atoms. The van der Waals surface area contributed by atoms with E-state index in [1.54, 1.807) is 34.2 Å². The molecule has 2 aliphatic rings. The van der Waals surface area contributed by atoms with Gasteiger partial charge in [0, 0.05) is 36.9 Å². The summed E-state index contributed by atoms with van der Waals surface area (Å²) in [4.78, 5) is 30.9. The number of nitrogens with zero attached hydrogens (tertiary/aromatic N) is 4. The van der Waals surface area contributed by atoms with Crippen LogP contribution < -0.4 is 5.32 Å². The summed E-state index contributed by atoms with van der Waals surface area (Å²) in [7, 11) is 0. The first-order valence-corrected chi connectivity index (χ1v) is 10.2. The molecule has 1 N–H and O–H groups in total. The average molecular weight is 443 g/mol. The van der Waals surface area contributed by atoms with Crippen molar-refractivity contribution >= 4 is 17.3 Å². The number of likely N-dealkylation sites (tertiary alicyclic amines) is 1. The van der Waals surface area contributed by atoms with Crippen molar-refractivity contribution in [2.24, 2.45) is 5.41 Å². The fraction of sp³-hybridized carbons (Fsp3) is 0.364. The van der Waals surface area contributed by atoms with E-state index in [1.165, 1.54) is 12.1 Å². The van der Waals surface area contributed by atoms with E-state index in [2.05, 4.69) is 15.4 Å². The van der Waals surface area contributed by atoms with Crippen LogP contribution in [0.3, 0.4) is 0 Å². The highest BCUT2D eigenvalue weighted by Gasteiger charge is 2.54. The Morgan fingerprint density at radius 3 is 2.72 bits per heavy atom. The van der Waals surface area contributed by atoms with Gasteiger partial charge in [0.2, 0.25) is 5.91 Å². The second-order valence-electron chi connectivity index (χ2n) is 8.67. The summed E-state index contributed by atoms with van der Waals surface area (Å²) >= 11 is 0. The number of fused-ring (bicyclic) bond motifs is 1. The van der Waals surface area contributed by atoms with Crippen LogP contribution in [0.5, 0.6) is 0 Å². The Hall–Kier alpha value is -3.43. The predicted octanol–water partition coefficient (Wildman–Crippen LogP) is 2.71. The summed E-state index contributed by atoms with van der Waals surface area (Å²) in [6, 6.07) is 4.80. The topological polar surface area (TPSA) is 79.6 Å². The molecule has 166 valence electrons. The van der Waals surface area contributed by atoms with E-state index < -0.39 is 11.7 Å². The van der Waals surface area contributed by atoms with Crippen molar-refractivity contribution in [1.29, 1.82) is 0 Å². The lowest BCUT2D eigenvalue weighted by atomic mass is 9.60. The van der Waals surface area contributed by atoms with Crippen molar-refractivity contribution < 1.29 is 22.8 Å². The summed E-state index contributed by atoms with van der Waals surface area (Å²) in [5, 5.41) is 7.07. The lowest BCUT2D eigenvalue weighted by Gasteiger charge is -2.59. The van der Waals surface area contributed by atoms with Gasteiger partial charge in [-0.1, -0.05) is 18.2 Å². The number of carbonyl (C=O) groups is 2. The first-order valence-electron chi connectivity index (χ1n) is 10.2.